The summed E-state index contributed by atoms with van der Waals surface area (Å²) in [5, 5.41) is 3.08. The number of halogens is 1. The number of hydrogen-bond donors (Lipinski definition) is 1. The number of nitrogens with zero attached hydrogens (tertiary/aromatic N) is 3. The van der Waals surface area contributed by atoms with E-state index in [4.69, 9.17) is 4.74 Å². The lowest BCUT2D eigenvalue weighted by molar-refractivity contribution is 0.0191. The summed E-state index contributed by atoms with van der Waals surface area (Å²) in [7, 11) is 0. The third-order valence-electron chi connectivity index (χ3n) is 5.54. The molecule has 0 aliphatic carbocycles. The Kier molecular flexibility index (Phi) is 5.03. The number of ether oxygens (including phenoxy) is 1. The van der Waals surface area contributed by atoms with E-state index in [2.05, 4.69) is 15.3 Å². The van der Waals surface area contributed by atoms with Crippen molar-refractivity contribution in [1.29, 1.82) is 0 Å². The average molecular weight is 370 g/mol. The SMILES string of the molecule is O=C(c1cnc(NCc2ccc(F)cc2)nc1)N1CCC2(CCOCC2)C1. The van der Waals surface area contributed by atoms with Gasteiger partial charge in [0, 0.05) is 45.2 Å². The van der Waals surface area contributed by atoms with Gasteiger partial charge in [-0.25, -0.2) is 14.4 Å². The van der Waals surface area contributed by atoms with Crippen LogP contribution in [-0.4, -0.2) is 47.1 Å². The maximum absolute atomic E-state index is 12.9. The molecule has 2 saturated heterocycles. The Labute approximate surface area is 157 Å². The van der Waals surface area contributed by atoms with E-state index in [0.717, 1.165) is 51.1 Å². The van der Waals surface area contributed by atoms with Gasteiger partial charge >= 0.3 is 0 Å². The van der Waals surface area contributed by atoms with Crippen LogP contribution in [0, 0.1) is 11.2 Å². The van der Waals surface area contributed by atoms with Crippen molar-refractivity contribution in [3.05, 3.63) is 53.6 Å². The minimum absolute atomic E-state index is 0.0107. The lowest BCUT2D eigenvalue weighted by Gasteiger charge is -2.33. The Morgan fingerprint density at radius 3 is 2.56 bits per heavy atom. The molecular weight excluding hydrogens is 347 g/mol. The molecule has 4 rings (SSSR count). The zero-order chi connectivity index (χ0) is 18.7. The highest BCUT2D eigenvalue weighted by Crippen LogP contribution is 2.40. The first-order valence-electron chi connectivity index (χ1n) is 9.31. The molecule has 3 heterocycles. The Hall–Kier alpha value is -2.54. The van der Waals surface area contributed by atoms with E-state index in [-0.39, 0.29) is 17.1 Å². The summed E-state index contributed by atoms with van der Waals surface area (Å²) in [6.45, 7) is 3.65. The van der Waals surface area contributed by atoms with E-state index in [9.17, 15) is 9.18 Å². The van der Waals surface area contributed by atoms with E-state index >= 15 is 0 Å². The number of benzene rings is 1. The molecule has 1 aromatic carbocycles. The van der Waals surface area contributed by atoms with Crippen molar-refractivity contribution in [3.8, 4) is 0 Å². The highest BCUT2D eigenvalue weighted by atomic mass is 19.1. The molecule has 7 heteroatoms. The van der Waals surface area contributed by atoms with E-state index in [0.29, 0.717) is 18.1 Å². The van der Waals surface area contributed by atoms with Crippen LogP contribution >= 0.6 is 0 Å². The summed E-state index contributed by atoms with van der Waals surface area (Å²) in [5.74, 6) is 0.170. The Morgan fingerprint density at radius 1 is 1.15 bits per heavy atom. The van der Waals surface area contributed by atoms with Gasteiger partial charge in [-0.3, -0.25) is 4.79 Å². The fraction of sp³-hybridized carbons (Fsp3) is 0.450. The summed E-state index contributed by atoms with van der Waals surface area (Å²) in [6, 6.07) is 6.25. The lowest BCUT2D eigenvalue weighted by atomic mass is 9.80. The van der Waals surface area contributed by atoms with E-state index in [1.165, 1.54) is 12.1 Å². The number of rotatable bonds is 4. The zero-order valence-corrected chi connectivity index (χ0v) is 15.2. The first-order valence-corrected chi connectivity index (χ1v) is 9.31. The fourth-order valence-corrected chi connectivity index (χ4v) is 3.82. The monoisotopic (exact) mass is 370 g/mol. The van der Waals surface area contributed by atoms with Crippen LogP contribution in [0.25, 0.3) is 0 Å². The van der Waals surface area contributed by atoms with E-state index < -0.39 is 0 Å². The van der Waals surface area contributed by atoms with Crippen LogP contribution in [0.2, 0.25) is 0 Å². The molecule has 6 nitrogen and oxygen atoms in total. The number of nitrogens with one attached hydrogen (secondary N) is 1. The minimum Gasteiger partial charge on any atom is -0.381 e. The Balaban J connectivity index is 1.34. The maximum atomic E-state index is 12.9. The molecule has 1 aromatic heterocycles. The maximum Gasteiger partial charge on any atom is 0.257 e. The van der Waals surface area contributed by atoms with Crippen molar-refractivity contribution in [2.45, 2.75) is 25.8 Å². The summed E-state index contributed by atoms with van der Waals surface area (Å²) < 4.78 is 18.4. The second-order valence-electron chi connectivity index (χ2n) is 7.36. The molecule has 2 aliphatic rings. The summed E-state index contributed by atoms with van der Waals surface area (Å²) in [5.41, 5.74) is 1.66. The van der Waals surface area contributed by atoms with Crippen LogP contribution in [0.1, 0.15) is 35.2 Å². The van der Waals surface area contributed by atoms with Crippen molar-refractivity contribution in [2.24, 2.45) is 5.41 Å². The fourth-order valence-electron chi connectivity index (χ4n) is 3.82. The van der Waals surface area contributed by atoms with Crippen LogP contribution in [0.4, 0.5) is 10.3 Å². The van der Waals surface area contributed by atoms with Crippen molar-refractivity contribution in [3.63, 3.8) is 0 Å². The minimum atomic E-state index is -0.262. The molecule has 2 aromatic rings. The van der Waals surface area contributed by atoms with Gasteiger partial charge < -0.3 is 15.0 Å². The molecule has 0 atom stereocenters. The number of aromatic nitrogens is 2. The summed E-state index contributed by atoms with van der Waals surface area (Å²) in [6.07, 6.45) is 6.23. The number of likely N-dealkylation sites (tertiary alicyclic amines) is 1. The molecule has 1 spiro atoms. The van der Waals surface area contributed by atoms with E-state index in [1.807, 2.05) is 4.90 Å². The highest BCUT2D eigenvalue weighted by Gasteiger charge is 2.41. The van der Waals surface area contributed by atoms with Gasteiger partial charge in [-0.1, -0.05) is 12.1 Å². The van der Waals surface area contributed by atoms with Crippen LogP contribution in [0.5, 0.6) is 0 Å². The van der Waals surface area contributed by atoms with Crippen molar-refractivity contribution in [2.75, 3.05) is 31.6 Å². The molecule has 2 aliphatic heterocycles. The number of hydrogen-bond acceptors (Lipinski definition) is 5. The van der Waals surface area contributed by atoms with E-state index in [1.54, 1.807) is 24.5 Å². The predicted molar refractivity (Wildman–Crippen MR) is 98.8 cm³/mol. The number of amides is 1. The van der Waals surface area contributed by atoms with Crippen LogP contribution < -0.4 is 5.32 Å². The number of carbonyl (C=O) groups excluding carboxylic acids is 1. The normalized spacial score (nSPS) is 18.6. The average Bonchev–Trinajstić information content (AvgIpc) is 3.11. The van der Waals surface area contributed by atoms with Crippen LogP contribution in [0.15, 0.2) is 36.7 Å². The van der Waals surface area contributed by atoms with Gasteiger partial charge in [-0.2, -0.15) is 0 Å². The molecule has 0 radical (unpaired) electrons. The second kappa shape index (κ2) is 7.60. The molecule has 27 heavy (non-hydrogen) atoms. The number of anilines is 1. The van der Waals surface area contributed by atoms with Gasteiger partial charge in [0.25, 0.3) is 5.91 Å². The quantitative estimate of drug-likeness (QED) is 0.896. The van der Waals surface area contributed by atoms with Gasteiger partial charge in [0.2, 0.25) is 5.95 Å². The van der Waals surface area contributed by atoms with Gasteiger partial charge in [-0.15, -0.1) is 0 Å². The third-order valence-corrected chi connectivity index (χ3v) is 5.54. The second-order valence-corrected chi connectivity index (χ2v) is 7.36. The smallest absolute Gasteiger partial charge is 0.257 e. The third kappa shape index (κ3) is 4.08. The molecular formula is C20H23FN4O2. The number of carbonyl (C=O) groups is 1. The highest BCUT2D eigenvalue weighted by molar-refractivity contribution is 5.94. The van der Waals surface area contributed by atoms with Crippen molar-refractivity contribution >= 4 is 11.9 Å². The molecule has 1 N–H and O–H groups in total. The topological polar surface area (TPSA) is 67.4 Å². The standard InChI is InChI=1S/C20H23FN4O2/c21-17-3-1-15(2-4-17)11-22-19-23-12-16(13-24-19)18(26)25-8-5-20(14-25)6-9-27-10-7-20/h1-4,12-13H,5-11,14H2,(H,22,23,24). The lowest BCUT2D eigenvalue weighted by Crippen LogP contribution is -2.35. The molecule has 1 amide bonds. The Bertz CT molecular complexity index is 789. The van der Waals surface area contributed by atoms with Crippen molar-refractivity contribution in [1.82, 2.24) is 14.9 Å². The Morgan fingerprint density at radius 2 is 1.85 bits per heavy atom. The first kappa shape index (κ1) is 17.9. The summed E-state index contributed by atoms with van der Waals surface area (Å²) in [4.78, 5) is 23.2. The van der Waals surface area contributed by atoms with Crippen molar-refractivity contribution < 1.29 is 13.9 Å². The summed E-state index contributed by atoms with van der Waals surface area (Å²) >= 11 is 0. The van der Waals surface area contributed by atoms with Crippen LogP contribution in [-0.2, 0) is 11.3 Å². The molecule has 2 fully saturated rings. The first-order chi connectivity index (χ1) is 13.1. The molecule has 0 saturated carbocycles. The predicted octanol–water partition coefficient (Wildman–Crippen LogP) is 2.87. The zero-order valence-electron chi connectivity index (χ0n) is 15.2. The molecule has 0 unspecified atom stereocenters. The molecule has 142 valence electrons. The van der Waals surface area contributed by atoms with Gasteiger partial charge in [0.1, 0.15) is 5.82 Å². The van der Waals surface area contributed by atoms with Gasteiger partial charge in [0.15, 0.2) is 0 Å². The van der Waals surface area contributed by atoms with Gasteiger partial charge in [-0.05, 0) is 42.4 Å². The van der Waals surface area contributed by atoms with Gasteiger partial charge in [0.05, 0.1) is 5.56 Å². The largest absolute Gasteiger partial charge is 0.381 e. The molecule has 0 bridgehead atoms. The van der Waals surface area contributed by atoms with Crippen LogP contribution in [0.3, 0.4) is 0 Å².